The van der Waals surface area contributed by atoms with Crippen LogP contribution in [0.5, 0.6) is 5.75 Å². The number of methoxy groups -OCH3 is 1. The number of hydrogen-bond acceptors (Lipinski definition) is 5. The number of aromatic nitrogens is 2. The van der Waals surface area contributed by atoms with Gasteiger partial charge in [0.1, 0.15) is 5.75 Å². The number of anilines is 1. The first-order valence-electron chi connectivity index (χ1n) is 6.12. The van der Waals surface area contributed by atoms with Gasteiger partial charge in [0.25, 0.3) is 0 Å². The molecule has 1 heterocycles. The second-order valence-electron chi connectivity index (χ2n) is 4.09. The summed E-state index contributed by atoms with van der Waals surface area (Å²) in [5.74, 6) is -0.0156. The van der Waals surface area contributed by atoms with Gasteiger partial charge in [-0.25, -0.2) is 14.8 Å². The second kappa shape index (κ2) is 6.51. The molecule has 1 aromatic heterocycles. The molecule has 0 saturated heterocycles. The molecule has 6 nitrogen and oxygen atoms in total. The lowest BCUT2D eigenvalue weighted by Crippen LogP contribution is -2.12. The standard InChI is InChI=1S/C14H15N3O3/c1-20-11-4-2-3-10(9-11)5-6-16-13-12(14(18)19)15-7-8-17-13/h2-4,7-9H,5-6H2,1H3,(H,16,17)(H,18,19). The van der Waals surface area contributed by atoms with E-state index in [1.165, 1.54) is 12.4 Å². The summed E-state index contributed by atoms with van der Waals surface area (Å²) >= 11 is 0. The minimum absolute atomic E-state index is 0.0712. The van der Waals surface area contributed by atoms with Crippen LogP contribution in [-0.2, 0) is 6.42 Å². The van der Waals surface area contributed by atoms with Crippen molar-refractivity contribution in [2.75, 3.05) is 19.0 Å². The number of benzene rings is 1. The van der Waals surface area contributed by atoms with E-state index in [1.54, 1.807) is 7.11 Å². The average Bonchev–Trinajstić information content (AvgIpc) is 2.48. The molecule has 0 aliphatic carbocycles. The van der Waals surface area contributed by atoms with Crippen LogP contribution in [0.2, 0.25) is 0 Å². The van der Waals surface area contributed by atoms with Gasteiger partial charge in [0.05, 0.1) is 7.11 Å². The monoisotopic (exact) mass is 273 g/mol. The van der Waals surface area contributed by atoms with Gasteiger partial charge in [-0.1, -0.05) is 12.1 Å². The second-order valence-corrected chi connectivity index (χ2v) is 4.09. The van der Waals surface area contributed by atoms with E-state index in [-0.39, 0.29) is 11.5 Å². The van der Waals surface area contributed by atoms with E-state index in [4.69, 9.17) is 9.84 Å². The first-order valence-corrected chi connectivity index (χ1v) is 6.12. The predicted molar refractivity (Wildman–Crippen MR) is 74.2 cm³/mol. The van der Waals surface area contributed by atoms with Crippen molar-refractivity contribution in [1.82, 2.24) is 9.97 Å². The average molecular weight is 273 g/mol. The van der Waals surface area contributed by atoms with Gasteiger partial charge < -0.3 is 15.2 Å². The summed E-state index contributed by atoms with van der Waals surface area (Å²) in [7, 11) is 1.62. The number of rotatable bonds is 6. The Bertz CT molecular complexity index is 602. The number of nitrogens with zero attached hydrogens (tertiary/aromatic N) is 2. The van der Waals surface area contributed by atoms with Gasteiger partial charge in [-0.15, -0.1) is 0 Å². The Morgan fingerprint density at radius 2 is 2.15 bits per heavy atom. The van der Waals surface area contributed by atoms with E-state index in [1.807, 2.05) is 24.3 Å². The topological polar surface area (TPSA) is 84.3 Å². The van der Waals surface area contributed by atoms with E-state index < -0.39 is 5.97 Å². The van der Waals surface area contributed by atoms with Gasteiger partial charge in [-0.05, 0) is 24.1 Å². The molecule has 2 rings (SSSR count). The minimum Gasteiger partial charge on any atom is -0.497 e. The van der Waals surface area contributed by atoms with Crippen LogP contribution in [0.15, 0.2) is 36.7 Å². The maximum atomic E-state index is 11.0. The van der Waals surface area contributed by atoms with Crippen molar-refractivity contribution in [3.05, 3.63) is 47.9 Å². The molecule has 2 aromatic rings. The summed E-state index contributed by atoms with van der Waals surface area (Å²) < 4.78 is 5.15. The fourth-order valence-corrected chi connectivity index (χ4v) is 1.78. The number of nitrogens with one attached hydrogen (secondary N) is 1. The molecule has 0 saturated carbocycles. The zero-order valence-corrected chi connectivity index (χ0v) is 11.0. The van der Waals surface area contributed by atoms with Crippen LogP contribution in [0.25, 0.3) is 0 Å². The molecule has 104 valence electrons. The fraction of sp³-hybridized carbons (Fsp3) is 0.214. The van der Waals surface area contributed by atoms with E-state index in [0.29, 0.717) is 6.54 Å². The Labute approximate surface area is 116 Å². The fourth-order valence-electron chi connectivity index (χ4n) is 1.78. The van der Waals surface area contributed by atoms with Crippen LogP contribution in [0, 0.1) is 0 Å². The minimum atomic E-state index is -1.10. The number of carboxylic acids is 1. The predicted octanol–water partition coefficient (Wildman–Crippen LogP) is 1.84. The van der Waals surface area contributed by atoms with Gasteiger partial charge in [0.15, 0.2) is 11.5 Å². The summed E-state index contributed by atoms with van der Waals surface area (Å²) in [6.07, 6.45) is 3.55. The Morgan fingerprint density at radius 3 is 2.90 bits per heavy atom. The van der Waals surface area contributed by atoms with Crippen LogP contribution < -0.4 is 10.1 Å². The molecule has 0 spiro atoms. The Balaban J connectivity index is 1.97. The lowest BCUT2D eigenvalue weighted by atomic mass is 10.1. The first-order chi connectivity index (χ1) is 9.70. The van der Waals surface area contributed by atoms with E-state index in [2.05, 4.69) is 15.3 Å². The quantitative estimate of drug-likeness (QED) is 0.835. The lowest BCUT2D eigenvalue weighted by molar-refractivity contribution is 0.0691. The van der Waals surface area contributed by atoms with Gasteiger partial charge in [0.2, 0.25) is 0 Å². The summed E-state index contributed by atoms with van der Waals surface area (Å²) in [5, 5.41) is 12.0. The highest BCUT2D eigenvalue weighted by molar-refractivity contribution is 5.90. The maximum absolute atomic E-state index is 11.0. The normalized spacial score (nSPS) is 10.1. The summed E-state index contributed by atoms with van der Waals surface area (Å²) in [6, 6.07) is 7.72. The van der Waals surface area contributed by atoms with Crippen molar-refractivity contribution in [1.29, 1.82) is 0 Å². The number of carbonyl (C=O) groups is 1. The zero-order chi connectivity index (χ0) is 14.4. The largest absolute Gasteiger partial charge is 0.497 e. The SMILES string of the molecule is COc1cccc(CCNc2nccnc2C(=O)O)c1. The van der Waals surface area contributed by atoms with Crippen molar-refractivity contribution in [3.63, 3.8) is 0 Å². The molecule has 20 heavy (non-hydrogen) atoms. The molecule has 0 atom stereocenters. The molecule has 0 radical (unpaired) electrons. The van der Waals surface area contributed by atoms with Crippen LogP contribution in [0.4, 0.5) is 5.82 Å². The van der Waals surface area contributed by atoms with E-state index in [9.17, 15) is 4.79 Å². The highest BCUT2D eigenvalue weighted by Gasteiger charge is 2.11. The van der Waals surface area contributed by atoms with Crippen molar-refractivity contribution in [2.45, 2.75) is 6.42 Å². The Kier molecular flexibility index (Phi) is 4.49. The van der Waals surface area contributed by atoms with Crippen LogP contribution in [-0.4, -0.2) is 34.7 Å². The third-order valence-corrected chi connectivity index (χ3v) is 2.74. The molecule has 0 fully saturated rings. The van der Waals surface area contributed by atoms with Crippen molar-refractivity contribution >= 4 is 11.8 Å². The third kappa shape index (κ3) is 3.44. The molecule has 2 N–H and O–H groups in total. The highest BCUT2D eigenvalue weighted by atomic mass is 16.5. The molecular weight excluding hydrogens is 258 g/mol. The summed E-state index contributed by atoms with van der Waals surface area (Å²) in [4.78, 5) is 18.8. The highest BCUT2D eigenvalue weighted by Crippen LogP contribution is 2.13. The molecule has 0 amide bonds. The van der Waals surface area contributed by atoms with Crippen molar-refractivity contribution in [2.24, 2.45) is 0 Å². The van der Waals surface area contributed by atoms with Gasteiger partial charge in [-0.3, -0.25) is 0 Å². The maximum Gasteiger partial charge on any atom is 0.358 e. The summed E-state index contributed by atoms with van der Waals surface area (Å²) in [6.45, 7) is 0.562. The van der Waals surface area contributed by atoms with Crippen molar-refractivity contribution < 1.29 is 14.6 Å². The van der Waals surface area contributed by atoms with Crippen LogP contribution in [0.3, 0.4) is 0 Å². The number of aromatic carboxylic acids is 1. The molecule has 0 unspecified atom stereocenters. The van der Waals surface area contributed by atoms with Crippen molar-refractivity contribution in [3.8, 4) is 5.75 Å². The Morgan fingerprint density at radius 1 is 1.35 bits per heavy atom. The number of hydrogen-bond donors (Lipinski definition) is 2. The smallest absolute Gasteiger partial charge is 0.358 e. The molecule has 1 aromatic carbocycles. The van der Waals surface area contributed by atoms with E-state index >= 15 is 0 Å². The lowest BCUT2D eigenvalue weighted by Gasteiger charge is -2.08. The summed E-state index contributed by atoms with van der Waals surface area (Å²) in [5.41, 5.74) is 1.02. The zero-order valence-electron chi connectivity index (χ0n) is 11.0. The van der Waals surface area contributed by atoms with Gasteiger partial charge in [-0.2, -0.15) is 0 Å². The molecule has 0 aliphatic heterocycles. The first kappa shape index (κ1) is 13.8. The molecular formula is C14H15N3O3. The van der Waals surface area contributed by atoms with E-state index in [0.717, 1.165) is 17.7 Å². The molecule has 0 aliphatic rings. The molecule has 6 heteroatoms. The van der Waals surface area contributed by atoms with Gasteiger partial charge in [0, 0.05) is 18.9 Å². The van der Waals surface area contributed by atoms with Crippen LogP contribution in [0.1, 0.15) is 16.1 Å². The number of carboxylic acid groups (broad SMARTS) is 1. The molecule has 0 bridgehead atoms. The third-order valence-electron chi connectivity index (χ3n) is 2.74. The van der Waals surface area contributed by atoms with Crippen LogP contribution >= 0.6 is 0 Å². The number of ether oxygens (including phenoxy) is 1. The van der Waals surface area contributed by atoms with Gasteiger partial charge >= 0.3 is 5.97 Å². The Hall–Kier alpha value is -2.63.